The predicted molar refractivity (Wildman–Crippen MR) is 122 cm³/mol. The van der Waals surface area contributed by atoms with Crippen molar-refractivity contribution in [2.24, 2.45) is 0 Å². The Balaban J connectivity index is 1.47. The molecule has 2 heterocycles. The fourth-order valence-corrected chi connectivity index (χ4v) is 4.69. The number of hydrogen-bond acceptors (Lipinski definition) is 5. The van der Waals surface area contributed by atoms with Crippen LogP contribution in [0.5, 0.6) is 0 Å². The number of amides is 2. The quantitative estimate of drug-likeness (QED) is 0.643. The van der Waals surface area contributed by atoms with E-state index in [1.54, 1.807) is 30.1 Å². The number of aromatic nitrogens is 1. The predicted octanol–water partition coefficient (Wildman–Crippen LogP) is 2.63. The molecule has 0 unspecified atom stereocenters. The summed E-state index contributed by atoms with van der Waals surface area (Å²) in [7, 11) is 2.06. The second kappa shape index (κ2) is 8.68. The number of carbonyl (C=O) groups is 2. The molecule has 7 nitrogen and oxygen atoms in total. The van der Waals surface area contributed by atoms with Crippen molar-refractivity contribution in [3.05, 3.63) is 68.6 Å². The molecule has 1 aromatic carbocycles. The first-order chi connectivity index (χ1) is 14.8. The molecule has 2 aliphatic rings. The smallest absolute Gasteiger partial charge is 0.270 e. The summed E-state index contributed by atoms with van der Waals surface area (Å²) in [6, 6.07) is 10.2. The molecule has 164 valence electrons. The van der Waals surface area contributed by atoms with Crippen LogP contribution in [0.2, 0.25) is 5.02 Å². The number of rotatable bonds is 7. The molecule has 0 saturated heterocycles. The van der Waals surface area contributed by atoms with Crippen LogP contribution >= 0.6 is 23.5 Å². The lowest BCUT2D eigenvalue weighted by atomic mass is 10.1. The number of carbonyl (C=O) groups excluding carboxylic acids is 2. The lowest BCUT2D eigenvalue weighted by molar-refractivity contribution is 0.0655. The summed E-state index contributed by atoms with van der Waals surface area (Å²) in [5.41, 5.74) is 0.860. The van der Waals surface area contributed by atoms with Gasteiger partial charge in [0, 0.05) is 36.7 Å². The van der Waals surface area contributed by atoms with Crippen molar-refractivity contribution in [3.63, 3.8) is 0 Å². The van der Waals surface area contributed by atoms with E-state index >= 15 is 0 Å². The molecule has 9 heteroatoms. The van der Waals surface area contributed by atoms with Crippen molar-refractivity contribution in [1.29, 1.82) is 0 Å². The molecule has 1 aromatic heterocycles. The molecular weight excluding hydrogens is 436 g/mol. The lowest BCUT2D eigenvalue weighted by Gasteiger charge is -2.35. The average Bonchev–Trinajstić information content (AvgIpc) is 3.55. The molecule has 4 rings (SSSR count). The Kier molecular flexibility index (Phi) is 6.14. The molecule has 2 amide bonds. The van der Waals surface area contributed by atoms with Gasteiger partial charge >= 0.3 is 0 Å². The number of halogens is 1. The third-order valence-electron chi connectivity index (χ3n) is 6.14. The number of likely N-dealkylation sites (N-methyl/N-ethyl adjacent to an activating group) is 1. The zero-order valence-corrected chi connectivity index (χ0v) is 19.1. The highest BCUT2D eigenvalue weighted by atomic mass is 35.5. The first-order valence-corrected chi connectivity index (χ1v) is 11.7. The number of pyridine rings is 1. The molecule has 0 radical (unpaired) electrons. The molecule has 2 aromatic rings. The Labute approximate surface area is 190 Å². The van der Waals surface area contributed by atoms with Crippen molar-refractivity contribution < 1.29 is 9.59 Å². The van der Waals surface area contributed by atoms with Crippen LogP contribution in [-0.2, 0) is 13.1 Å². The average molecular weight is 461 g/mol. The van der Waals surface area contributed by atoms with Crippen LogP contribution < -0.4 is 10.9 Å². The summed E-state index contributed by atoms with van der Waals surface area (Å²) in [6.45, 7) is 1.79. The van der Waals surface area contributed by atoms with E-state index in [1.807, 2.05) is 23.3 Å². The minimum absolute atomic E-state index is 0.0268. The summed E-state index contributed by atoms with van der Waals surface area (Å²) in [4.78, 5) is 40.4. The van der Waals surface area contributed by atoms with Crippen LogP contribution in [0.25, 0.3) is 0 Å². The third-order valence-corrected chi connectivity index (χ3v) is 7.33. The van der Waals surface area contributed by atoms with Gasteiger partial charge in [0.2, 0.25) is 0 Å². The van der Waals surface area contributed by atoms with Crippen molar-refractivity contribution >= 4 is 35.4 Å². The van der Waals surface area contributed by atoms with Crippen LogP contribution in [0.4, 0.5) is 0 Å². The van der Waals surface area contributed by atoms with Crippen LogP contribution in [0.3, 0.4) is 0 Å². The molecule has 0 bridgehead atoms. The SMILES string of the molecule is CSN(C)C1(CN2CCn3c(ccc(C(=O)NCc4ccc(Cl)cc4)c3=O)C2=O)CC1. The molecule has 1 aliphatic heterocycles. The normalized spacial score (nSPS) is 16.9. The number of benzene rings is 1. The molecule has 1 saturated carbocycles. The molecule has 1 fully saturated rings. The third kappa shape index (κ3) is 4.37. The second-order valence-electron chi connectivity index (χ2n) is 8.03. The van der Waals surface area contributed by atoms with E-state index in [0.29, 0.717) is 30.4 Å². The Morgan fingerprint density at radius 2 is 1.87 bits per heavy atom. The van der Waals surface area contributed by atoms with Crippen molar-refractivity contribution in [3.8, 4) is 0 Å². The van der Waals surface area contributed by atoms with Gasteiger partial charge in [-0.15, -0.1) is 0 Å². The second-order valence-corrected chi connectivity index (χ2v) is 9.38. The van der Waals surface area contributed by atoms with Gasteiger partial charge in [0.25, 0.3) is 17.4 Å². The molecule has 31 heavy (non-hydrogen) atoms. The Bertz CT molecular complexity index is 1070. The van der Waals surface area contributed by atoms with Crippen LogP contribution in [0.1, 0.15) is 39.3 Å². The topological polar surface area (TPSA) is 74.7 Å². The highest BCUT2D eigenvalue weighted by Crippen LogP contribution is 2.44. The monoisotopic (exact) mass is 460 g/mol. The van der Waals surface area contributed by atoms with E-state index in [-0.39, 0.29) is 23.6 Å². The van der Waals surface area contributed by atoms with Gasteiger partial charge in [-0.2, -0.15) is 0 Å². The maximum atomic E-state index is 13.0. The molecular formula is C22H25ClN4O3S. The summed E-state index contributed by atoms with van der Waals surface area (Å²) >= 11 is 7.55. The van der Waals surface area contributed by atoms with E-state index in [9.17, 15) is 14.4 Å². The van der Waals surface area contributed by atoms with E-state index in [4.69, 9.17) is 11.6 Å². The number of fused-ring (bicyclic) bond motifs is 1. The van der Waals surface area contributed by atoms with Gasteiger partial charge in [-0.05, 0) is 56.0 Å². The minimum Gasteiger partial charge on any atom is -0.348 e. The lowest BCUT2D eigenvalue weighted by Crippen LogP contribution is -2.50. The summed E-state index contributed by atoms with van der Waals surface area (Å²) in [6.07, 6.45) is 4.16. The van der Waals surface area contributed by atoms with Gasteiger partial charge < -0.3 is 14.8 Å². The Hall–Kier alpha value is -2.29. The highest BCUT2D eigenvalue weighted by molar-refractivity contribution is 7.96. The zero-order chi connectivity index (χ0) is 22.2. The fraction of sp³-hybridized carbons (Fsp3) is 0.409. The standard InChI is InChI=1S/C22H25ClN4O3S/c1-25(31-2)22(9-10-22)14-26-11-12-27-18(21(26)30)8-7-17(20(27)29)19(28)24-13-15-3-5-16(23)6-4-15/h3-8H,9-14H2,1-2H3,(H,24,28). The molecule has 0 atom stereocenters. The maximum Gasteiger partial charge on any atom is 0.270 e. The Morgan fingerprint density at radius 1 is 1.16 bits per heavy atom. The number of nitrogens with zero attached hydrogens (tertiary/aromatic N) is 3. The number of hydrogen-bond donors (Lipinski definition) is 1. The first kappa shape index (κ1) is 21.9. The summed E-state index contributed by atoms with van der Waals surface area (Å²) < 4.78 is 3.64. The molecule has 1 N–H and O–H groups in total. The van der Waals surface area contributed by atoms with Crippen LogP contribution in [0, 0.1) is 0 Å². The maximum absolute atomic E-state index is 13.0. The van der Waals surface area contributed by atoms with Gasteiger partial charge in [-0.25, -0.2) is 4.31 Å². The van der Waals surface area contributed by atoms with Gasteiger partial charge in [0.05, 0.1) is 0 Å². The Morgan fingerprint density at radius 3 is 2.52 bits per heavy atom. The summed E-state index contributed by atoms with van der Waals surface area (Å²) in [5, 5.41) is 3.38. The number of nitrogens with one attached hydrogen (secondary N) is 1. The van der Waals surface area contributed by atoms with Crippen LogP contribution in [-0.4, -0.2) is 57.5 Å². The van der Waals surface area contributed by atoms with E-state index in [1.165, 1.54) is 10.6 Å². The van der Waals surface area contributed by atoms with Crippen LogP contribution in [0.15, 0.2) is 41.2 Å². The van der Waals surface area contributed by atoms with Crippen molar-refractivity contribution in [1.82, 2.24) is 19.1 Å². The molecule has 0 spiro atoms. The van der Waals surface area contributed by atoms with Crippen molar-refractivity contribution in [2.75, 3.05) is 26.4 Å². The highest BCUT2D eigenvalue weighted by Gasteiger charge is 2.49. The largest absolute Gasteiger partial charge is 0.348 e. The van der Waals surface area contributed by atoms with Gasteiger partial charge in [0.1, 0.15) is 11.3 Å². The van der Waals surface area contributed by atoms with E-state index in [2.05, 4.69) is 16.7 Å². The van der Waals surface area contributed by atoms with E-state index in [0.717, 1.165) is 18.4 Å². The first-order valence-electron chi connectivity index (χ1n) is 10.2. The van der Waals surface area contributed by atoms with Gasteiger partial charge in [-0.1, -0.05) is 35.7 Å². The van der Waals surface area contributed by atoms with Gasteiger partial charge in [0.15, 0.2) is 0 Å². The molecule has 1 aliphatic carbocycles. The summed E-state index contributed by atoms with van der Waals surface area (Å²) in [5.74, 6) is -0.610. The van der Waals surface area contributed by atoms with Crippen molar-refractivity contribution in [2.45, 2.75) is 31.5 Å². The zero-order valence-electron chi connectivity index (χ0n) is 17.6. The fourth-order valence-electron chi connectivity index (χ4n) is 3.94. The minimum atomic E-state index is -0.455. The van der Waals surface area contributed by atoms with E-state index < -0.39 is 11.5 Å². The van der Waals surface area contributed by atoms with Gasteiger partial charge in [-0.3, -0.25) is 14.4 Å².